The fourth-order valence-electron chi connectivity index (χ4n) is 2.05. The molecule has 1 N–H and O–H groups in total. The summed E-state index contributed by atoms with van der Waals surface area (Å²) in [5.41, 5.74) is 0.0828. The van der Waals surface area contributed by atoms with Crippen LogP contribution in [0.1, 0.15) is 25.7 Å². The number of carbonyl (C=O) groups excluding carboxylic acids is 2. The van der Waals surface area contributed by atoms with Gasteiger partial charge in [0.2, 0.25) is 5.91 Å². The first-order valence-electron chi connectivity index (χ1n) is 3.99. The molecule has 1 heterocycles. The molecule has 2 rings (SSSR count). The predicted octanol–water partition coefficient (Wildman–Crippen LogP) is 0.667. The van der Waals surface area contributed by atoms with Gasteiger partial charge in [-0.2, -0.15) is 0 Å². The lowest BCUT2D eigenvalue weighted by molar-refractivity contribution is -0.139. The third-order valence-electron chi connectivity index (χ3n) is 2.66. The molecule has 3 nitrogen and oxygen atoms in total. The molecule has 0 atom stereocenters. The number of ketones is 1. The second-order valence-electron chi connectivity index (χ2n) is 3.67. The molecule has 68 valence electrons. The first-order chi connectivity index (χ1) is 5.20. The Morgan fingerprint density at radius 1 is 1.17 bits per heavy atom. The molecule has 0 radical (unpaired) electrons. The zero-order valence-corrected chi connectivity index (χ0v) is 7.58. The van der Waals surface area contributed by atoms with E-state index < -0.39 is 0 Å². The highest BCUT2D eigenvalue weighted by Gasteiger charge is 2.46. The third-order valence-corrected chi connectivity index (χ3v) is 2.66. The second-order valence-corrected chi connectivity index (χ2v) is 3.67. The van der Waals surface area contributed by atoms with Crippen LogP contribution in [0, 0.1) is 5.41 Å². The minimum Gasteiger partial charge on any atom is -0.356 e. The van der Waals surface area contributed by atoms with Gasteiger partial charge in [-0.05, 0) is 11.8 Å². The summed E-state index contributed by atoms with van der Waals surface area (Å²) in [5, 5.41) is 2.77. The van der Waals surface area contributed by atoms with Crippen molar-refractivity contribution in [2.75, 3.05) is 6.54 Å². The summed E-state index contributed by atoms with van der Waals surface area (Å²) < 4.78 is 0. The van der Waals surface area contributed by atoms with Crippen molar-refractivity contribution in [2.24, 2.45) is 5.41 Å². The minimum atomic E-state index is 0. The lowest BCUT2D eigenvalue weighted by Crippen LogP contribution is -2.48. The van der Waals surface area contributed by atoms with Crippen LogP contribution in [-0.4, -0.2) is 18.2 Å². The molecule has 1 saturated heterocycles. The van der Waals surface area contributed by atoms with Gasteiger partial charge in [-0.25, -0.2) is 0 Å². The Morgan fingerprint density at radius 2 is 1.83 bits per heavy atom. The quantitative estimate of drug-likeness (QED) is 0.609. The molecule has 12 heavy (non-hydrogen) atoms. The van der Waals surface area contributed by atoms with Crippen LogP contribution >= 0.6 is 12.4 Å². The summed E-state index contributed by atoms with van der Waals surface area (Å²) in [6.07, 6.45) is 2.84. The molecule has 0 aromatic carbocycles. The number of hydrogen-bond donors (Lipinski definition) is 1. The van der Waals surface area contributed by atoms with Crippen molar-refractivity contribution in [3.05, 3.63) is 0 Å². The first-order valence-corrected chi connectivity index (χ1v) is 3.99. The van der Waals surface area contributed by atoms with E-state index in [0.29, 0.717) is 25.0 Å². The van der Waals surface area contributed by atoms with Crippen LogP contribution in [0.25, 0.3) is 0 Å². The monoisotopic (exact) mass is 189 g/mol. The fraction of sp³-hybridized carbons (Fsp3) is 0.750. The smallest absolute Gasteiger partial charge is 0.220 e. The molecule has 0 aromatic heterocycles. The van der Waals surface area contributed by atoms with Crippen LogP contribution in [0.3, 0.4) is 0 Å². The van der Waals surface area contributed by atoms with Crippen molar-refractivity contribution < 1.29 is 9.59 Å². The number of nitrogens with one attached hydrogen (secondary N) is 1. The Bertz CT molecular complexity index is 219. The van der Waals surface area contributed by atoms with E-state index in [1.807, 2.05) is 0 Å². The molecule has 0 bridgehead atoms. The molecule has 0 unspecified atom stereocenters. The number of carbonyl (C=O) groups is 2. The lowest BCUT2D eigenvalue weighted by atomic mass is 9.62. The summed E-state index contributed by atoms with van der Waals surface area (Å²) in [5.74, 6) is 0.434. The minimum absolute atomic E-state index is 0. The Balaban J connectivity index is 0.000000720. The van der Waals surface area contributed by atoms with E-state index in [9.17, 15) is 9.59 Å². The first kappa shape index (κ1) is 9.52. The van der Waals surface area contributed by atoms with Gasteiger partial charge in [0.25, 0.3) is 0 Å². The molecule has 4 heteroatoms. The van der Waals surface area contributed by atoms with Gasteiger partial charge in [0.15, 0.2) is 0 Å². The fourth-order valence-corrected chi connectivity index (χ4v) is 2.05. The molecular weight excluding hydrogens is 178 g/mol. The Morgan fingerprint density at radius 3 is 2.33 bits per heavy atom. The summed E-state index contributed by atoms with van der Waals surface area (Å²) >= 11 is 0. The number of hydrogen-bond acceptors (Lipinski definition) is 2. The number of piperidine rings is 1. The summed E-state index contributed by atoms with van der Waals surface area (Å²) in [4.78, 5) is 21.7. The second kappa shape index (κ2) is 3.05. The molecule has 0 aromatic rings. The Labute approximate surface area is 77.3 Å². The molecule has 2 fully saturated rings. The van der Waals surface area contributed by atoms with Crippen LogP contribution in [0.15, 0.2) is 0 Å². The van der Waals surface area contributed by atoms with Crippen molar-refractivity contribution >= 4 is 24.1 Å². The molecule has 1 aliphatic carbocycles. The van der Waals surface area contributed by atoms with Crippen molar-refractivity contribution in [1.29, 1.82) is 0 Å². The molecular formula is C8H12ClNO2. The Kier molecular flexibility index (Phi) is 2.42. The van der Waals surface area contributed by atoms with Crippen molar-refractivity contribution in [1.82, 2.24) is 5.32 Å². The average Bonchev–Trinajstić information content (AvgIpc) is 1.84. The van der Waals surface area contributed by atoms with E-state index in [4.69, 9.17) is 0 Å². The van der Waals surface area contributed by atoms with E-state index >= 15 is 0 Å². The highest BCUT2D eigenvalue weighted by molar-refractivity contribution is 5.89. The zero-order chi connectivity index (χ0) is 7.90. The highest BCUT2D eigenvalue weighted by atomic mass is 35.5. The van der Waals surface area contributed by atoms with Crippen molar-refractivity contribution in [2.45, 2.75) is 25.7 Å². The maximum Gasteiger partial charge on any atom is 0.220 e. The van der Waals surface area contributed by atoms with Gasteiger partial charge in [-0.3, -0.25) is 9.59 Å². The number of amides is 1. The molecule has 1 amide bonds. The summed E-state index contributed by atoms with van der Waals surface area (Å²) in [6, 6.07) is 0. The SMILES string of the molecule is Cl.O=C1CC2(CCNC(=O)C2)C1. The van der Waals surface area contributed by atoms with Gasteiger partial charge in [0.1, 0.15) is 5.78 Å². The van der Waals surface area contributed by atoms with Crippen LogP contribution in [0.4, 0.5) is 0 Å². The van der Waals surface area contributed by atoms with Crippen LogP contribution in [-0.2, 0) is 9.59 Å². The van der Waals surface area contributed by atoms with Gasteiger partial charge in [0, 0.05) is 25.8 Å². The topological polar surface area (TPSA) is 46.2 Å². The van der Waals surface area contributed by atoms with E-state index in [-0.39, 0.29) is 23.7 Å². The van der Waals surface area contributed by atoms with Gasteiger partial charge >= 0.3 is 0 Å². The normalized spacial score (nSPS) is 25.7. The molecule has 1 aliphatic heterocycles. The van der Waals surface area contributed by atoms with Crippen LogP contribution < -0.4 is 5.32 Å². The van der Waals surface area contributed by atoms with Gasteiger partial charge in [-0.15, -0.1) is 12.4 Å². The largest absolute Gasteiger partial charge is 0.356 e. The Hall–Kier alpha value is -0.570. The number of Topliss-reactive ketones (excluding diaryl/α,β-unsaturated/α-hetero) is 1. The summed E-state index contributed by atoms with van der Waals surface area (Å²) in [7, 11) is 0. The lowest BCUT2D eigenvalue weighted by Gasteiger charge is -2.42. The zero-order valence-electron chi connectivity index (χ0n) is 6.76. The molecule has 1 saturated carbocycles. The van der Waals surface area contributed by atoms with Crippen molar-refractivity contribution in [3.8, 4) is 0 Å². The standard InChI is InChI=1S/C8H11NO2.ClH/c10-6-3-8(4-6)1-2-9-7(11)5-8;/h1-5H2,(H,9,11);1H. The number of halogens is 1. The summed E-state index contributed by atoms with van der Waals surface area (Å²) in [6.45, 7) is 0.756. The maximum absolute atomic E-state index is 11.0. The number of rotatable bonds is 0. The van der Waals surface area contributed by atoms with E-state index in [0.717, 1.165) is 13.0 Å². The van der Waals surface area contributed by atoms with Crippen LogP contribution in [0.2, 0.25) is 0 Å². The van der Waals surface area contributed by atoms with Gasteiger partial charge in [0.05, 0.1) is 0 Å². The van der Waals surface area contributed by atoms with Gasteiger partial charge in [-0.1, -0.05) is 0 Å². The average molecular weight is 190 g/mol. The third kappa shape index (κ3) is 1.46. The highest BCUT2D eigenvalue weighted by Crippen LogP contribution is 2.45. The van der Waals surface area contributed by atoms with E-state index in [1.54, 1.807) is 0 Å². The van der Waals surface area contributed by atoms with Crippen LogP contribution in [0.5, 0.6) is 0 Å². The van der Waals surface area contributed by atoms with E-state index in [1.165, 1.54) is 0 Å². The maximum atomic E-state index is 11.0. The predicted molar refractivity (Wildman–Crippen MR) is 46.2 cm³/mol. The van der Waals surface area contributed by atoms with Gasteiger partial charge < -0.3 is 5.32 Å². The molecule has 2 aliphatic rings. The van der Waals surface area contributed by atoms with Crippen molar-refractivity contribution in [3.63, 3.8) is 0 Å². The molecule has 1 spiro atoms. The van der Waals surface area contributed by atoms with E-state index in [2.05, 4.69) is 5.32 Å².